The topological polar surface area (TPSA) is 41.6 Å². The number of hydrogen-bond donors (Lipinski definition) is 1. The van der Waals surface area contributed by atoms with Crippen molar-refractivity contribution in [3.05, 3.63) is 0 Å². The lowest BCUT2D eigenvalue weighted by atomic mass is 9.97. The molecule has 1 amide bonds. The molecule has 0 unspecified atom stereocenters. The third kappa shape index (κ3) is 4.49. The number of piperidine rings is 1. The highest BCUT2D eigenvalue weighted by Crippen LogP contribution is 2.16. The Hall–Kier alpha value is -0.610. The molecule has 1 heterocycles. The summed E-state index contributed by atoms with van der Waals surface area (Å²) < 4.78 is 5.27. The molecule has 1 aliphatic rings. The first-order chi connectivity index (χ1) is 7.77. The molecule has 0 aliphatic carbocycles. The first-order valence-electron chi connectivity index (χ1n) is 6.28. The van der Waals surface area contributed by atoms with Gasteiger partial charge in [0.25, 0.3) is 0 Å². The quantitative estimate of drug-likeness (QED) is 0.686. The van der Waals surface area contributed by atoms with Crippen LogP contribution in [0.2, 0.25) is 0 Å². The van der Waals surface area contributed by atoms with Gasteiger partial charge in [-0.05, 0) is 38.8 Å². The molecule has 94 valence electrons. The third-order valence-corrected chi connectivity index (χ3v) is 3.03. The molecular formula is C12H24N2O2. The second kappa shape index (κ2) is 7.63. The number of amides is 1. The molecule has 1 rings (SSSR count). The van der Waals surface area contributed by atoms with Crippen LogP contribution >= 0.6 is 0 Å². The van der Waals surface area contributed by atoms with Crippen LogP contribution < -0.4 is 5.32 Å². The van der Waals surface area contributed by atoms with Crippen LogP contribution in [0.25, 0.3) is 0 Å². The molecule has 1 fully saturated rings. The lowest BCUT2D eigenvalue weighted by Gasteiger charge is -2.31. The first kappa shape index (κ1) is 13.5. The van der Waals surface area contributed by atoms with Crippen molar-refractivity contribution in [3.63, 3.8) is 0 Å². The third-order valence-electron chi connectivity index (χ3n) is 3.03. The summed E-state index contributed by atoms with van der Waals surface area (Å²) in [7, 11) is 1.98. The van der Waals surface area contributed by atoms with E-state index in [-0.39, 0.29) is 12.5 Å². The number of likely N-dealkylation sites (tertiary alicyclic amines) is 1. The normalized spacial score (nSPS) is 17.8. The molecule has 0 radical (unpaired) electrons. The van der Waals surface area contributed by atoms with Gasteiger partial charge in [-0.15, -0.1) is 0 Å². The van der Waals surface area contributed by atoms with Crippen molar-refractivity contribution in [2.24, 2.45) is 5.92 Å². The summed E-state index contributed by atoms with van der Waals surface area (Å²) in [5.74, 6) is 0.877. The van der Waals surface area contributed by atoms with Crippen LogP contribution in [0, 0.1) is 5.92 Å². The molecule has 0 spiro atoms. The molecule has 0 bridgehead atoms. The molecular weight excluding hydrogens is 204 g/mol. The van der Waals surface area contributed by atoms with E-state index in [1.54, 1.807) is 0 Å². The molecule has 1 saturated heterocycles. The second-order valence-corrected chi connectivity index (χ2v) is 4.43. The summed E-state index contributed by atoms with van der Waals surface area (Å²) in [6.07, 6.45) is 3.19. The standard InChI is InChI=1S/C12H24N2O2/c1-3-8-16-10-12(15)14-6-4-11(5-7-14)9-13-2/h11,13H,3-10H2,1-2H3. The van der Waals surface area contributed by atoms with Gasteiger partial charge in [0, 0.05) is 19.7 Å². The number of rotatable bonds is 6. The summed E-state index contributed by atoms with van der Waals surface area (Å²) in [6, 6.07) is 0. The average molecular weight is 228 g/mol. The van der Waals surface area contributed by atoms with Crippen molar-refractivity contribution in [1.29, 1.82) is 0 Å². The number of carbonyl (C=O) groups is 1. The minimum Gasteiger partial charge on any atom is -0.372 e. The van der Waals surface area contributed by atoms with Gasteiger partial charge in [-0.3, -0.25) is 4.79 Å². The van der Waals surface area contributed by atoms with Gasteiger partial charge in [-0.2, -0.15) is 0 Å². The van der Waals surface area contributed by atoms with E-state index < -0.39 is 0 Å². The minimum atomic E-state index is 0.149. The van der Waals surface area contributed by atoms with Gasteiger partial charge in [0.1, 0.15) is 6.61 Å². The predicted octanol–water partition coefficient (Wildman–Crippen LogP) is 0.871. The fourth-order valence-corrected chi connectivity index (χ4v) is 2.07. The summed E-state index contributed by atoms with van der Waals surface area (Å²) in [4.78, 5) is 13.7. The van der Waals surface area contributed by atoms with E-state index in [9.17, 15) is 4.79 Å². The van der Waals surface area contributed by atoms with E-state index >= 15 is 0 Å². The largest absolute Gasteiger partial charge is 0.372 e. The van der Waals surface area contributed by atoms with E-state index in [1.165, 1.54) is 0 Å². The molecule has 0 atom stereocenters. The SMILES string of the molecule is CCCOCC(=O)N1CCC(CNC)CC1. The Morgan fingerprint density at radius 3 is 2.69 bits per heavy atom. The van der Waals surface area contributed by atoms with Gasteiger partial charge in [-0.1, -0.05) is 6.92 Å². The maximum atomic E-state index is 11.7. The van der Waals surface area contributed by atoms with Gasteiger partial charge < -0.3 is 15.0 Å². The highest BCUT2D eigenvalue weighted by Gasteiger charge is 2.21. The summed E-state index contributed by atoms with van der Waals surface area (Å²) >= 11 is 0. The summed E-state index contributed by atoms with van der Waals surface area (Å²) in [5, 5.41) is 3.20. The lowest BCUT2D eigenvalue weighted by molar-refractivity contribution is -0.137. The van der Waals surface area contributed by atoms with Crippen LogP contribution in [-0.2, 0) is 9.53 Å². The van der Waals surface area contributed by atoms with Crippen molar-refractivity contribution in [2.75, 3.05) is 39.9 Å². The Balaban J connectivity index is 2.17. The number of ether oxygens (including phenoxy) is 1. The average Bonchev–Trinajstić information content (AvgIpc) is 2.30. The van der Waals surface area contributed by atoms with Crippen LogP contribution in [0.15, 0.2) is 0 Å². The monoisotopic (exact) mass is 228 g/mol. The number of carbonyl (C=O) groups excluding carboxylic acids is 1. The maximum absolute atomic E-state index is 11.7. The van der Waals surface area contributed by atoms with Crippen LogP contribution in [0.4, 0.5) is 0 Å². The molecule has 4 heteroatoms. The second-order valence-electron chi connectivity index (χ2n) is 4.43. The molecule has 4 nitrogen and oxygen atoms in total. The highest BCUT2D eigenvalue weighted by molar-refractivity contribution is 5.77. The molecule has 0 saturated carbocycles. The predicted molar refractivity (Wildman–Crippen MR) is 64.3 cm³/mol. The number of hydrogen-bond acceptors (Lipinski definition) is 3. The lowest BCUT2D eigenvalue weighted by Crippen LogP contribution is -2.42. The van der Waals surface area contributed by atoms with E-state index in [2.05, 4.69) is 5.32 Å². The van der Waals surface area contributed by atoms with Crippen LogP contribution in [0.3, 0.4) is 0 Å². The van der Waals surface area contributed by atoms with Gasteiger partial charge in [-0.25, -0.2) is 0 Å². The molecule has 1 aliphatic heterocycles. The summed E-state index contributed by atoms with van der Waals surface area (Å²) in [5.41, 5.74) is 0. The first-order valence-corrected chi connectivity index (χ1v) is 6.28. The smallest absolute Gasteiger partial charge is 0.248 e. The Labute approximate surface area is 98.3 Å². The van der Waals surface area contributed by atoms with E-state index in [0.717, 1.165) is 44.8 Å². The number of nitrogens with zero attached hydrogens (tertiary/aromatic N) is 1. The fourth-order valence-electron chi connectivity index (χ4n) is 2.07. The molecule has 0 aromatic rings. The highest BCUT2D eigenvalue weighted by atomic mass is 16.5. The maximum Gasteiger partial charge on any atom is 0.248 e. The minimum absolute atomic E-state index is 0.149. The van der Waals surface area contributed by atoms with Gasteiger partial charge in [0.15, 0.2) is 0 Å². The Morgan fingerprint density at radius 1 is 1.44 bits per heavy atom. The Morgan fingerprint density at radius 2 is 2.12 bits per heavy atom. The molecule has 1 N–H and O–H groups in total. The van der Waals surface area contributed by atoms with Gasteiger partial charge in [0.2, 0.25) is 5.91 Å². The molecule has 0 aromatic heterocycles. The zero-order valence-corrected chi connectivity index (χ0v) is 10.5. The zero-order valence-electron chi connectivity index (χ0n) is 10.5. The van der Waals surface area contributed by atoms with Crippen LogP contribution in [0.5, 0.6) is 0 Å². The van der Waals surface area contributed by atoms with Gasteiger partial charge >= 0.3 is 0 Å². The van der Waals surface area contributed by atoms with Crippen molar-refractivity contribution in [1.82, 2.24) is 10.2 Å². The molecule has 16 heavy (non-hydrogen) atoms. The fraction of sp³-hybridized carbons (Fsp3) is 0.917. The van der Waals surface area contributed by atoms with Crippen molar-refractivity contribution >= 4 is 5.91 Å². The van der Waals surface area contributed by atoms with E-state index in [4.69, 9.17) is 4.74 Å². The van der Waals surface area contributed by atoms with Crippen molar-refractivity contribution in [3.8, 4) is 0 Å². The van der Waals surface area contributed by atoms with Crippen LogP contribution in [0.1, 0.15) is 26.2 Å². The van der Waals surface area contributed by atoms with E-state index in [1.807, 2.05) is 18.9 Å². The van der Waals surface area contributed by atoms with Crippen molar-refractivity contribution in [2.45, 2.75) is 26.2 Å². The van der Waals surface area contributed by atoms with Gasteiger partial charge in [0.05, 0.1) is 0 Å². The number of nitrogens with one attached hydrogen (secondary N) is 1. The van der Waals surface area contributed by atoms with Crippen molar-refractivity contribution < 1.29 is 9.53 Å². The van der Waals surface area contributed by atoms with E-state index in [0.29, 0.717) is 6.61 Å². The Bertz CT molecular complexity index is 201. The molecule has 0 aromatic carbocycles. The summed E-state index contributed by atoms with van der Waals surface area (Å²) in [6.45, 7) is 5.83. The Kier molecular flexibility index (Phi) is 6.42. The van der Waals surface area contributed by atoms with Crippen LogP contribution in [-0.4, -0.2) is 50.7 Å². The zero-order chi connectivity index (χ0) is 11.8.